The van der Waals surface area contributed by atoms with Crippen molar-refractivity contribution in [2.75, 3.05) is 27.2 Å². The van der Waals surface area contributed by atoms with Crippen molar-refractivity contribution in [2.45, 2.75) is 6.42 Å². The molecule has 2 nitrogen and oxygen atoms in total. The molecule has 0 rings (SSSR count). The molecule has 0 heterocycles. The van der Waals surface area contributed by atoms with Gasteiger partial charge in [-0.3, -0.25) is 0 Å². The van der Waals surface area contributed by atoms with Crippen LogP contribution in [0.5, 0.6) is 0 Å². The maximum atomic E-state index is 5.25. The molecule has 8 heavy (non-hydrogen) atoms. The molecule has 0 aromatic carbocycles. The highest BCUT2D eigenvalue weighted by Crippen LogP contribution is 1.76. The van der Waals surface area contributed by atoms with Crippen LogP contribution in [0, 0.1) is 0 Å². The summed E-state index contributed by atoms with van der Waals surface area (Å²) in [6, 6.07) is 0. The molecule has 0 saturated carbocycles. The van der Waals surface area contributed by atoms with Crippen LogP contribution >= 0.6 is 0 Å². The van der Waals surface area contributed by atoms with E-state index in [1.54, 1.807) is 0 Å². The third-order valence-electron chi connectivity index (χ3n) is 0.809. The number of nitrogens with two attached hydrogens (primary N) is 1. The van der Waals surface area contributed by atoms with Gasteiger partial charge in [0.2, 0.25) is 0 Å². The summed E-state index contributed by atoms with van der Waals surface area (Å²) in [5.41, 5.74) is 5.25. The Bertz CT molecular complexity index is 39.4. The van der Waals surface area contributed by atoms with E-state index < -0.39 is 0 Å². The monoisotopic (exact) mass is 116 g/mol. The highest BCUT2D eigenvalue weighted by atomic mass is 15.0. The molecule has 0 aromatic heterocycles. The first kappa shape index (κ1) is 10.9. The Morgan fingerprint density at radius 3 is 2.00 bits per heavy atom. The number of hydrogen-bond donors (Lipinski definition) is 1. The normalized spacial score (nSPS) is 9.00. The quantitative estimate of drug-likeness (QED) is 0.465. The summed E-state index contributed by atoms with van der Waals surface area (Å²) in [5, 5.41) is 0. The van der Waals surface area contributed by atoms with Gasteiger partial charge in [-0.15, -0.1) is 0 Å². The fourth-order valence-corrected chi connectivity index (χ4v) is 0.408. The summed E-state index contributed by atoms with van der Waals surface area (Å²) < 4.78 is 0. The summed E-state index contributed by atoms with van der Waals surface area (Å²) in [6.07, 6.45) is 1.10. The Hall–Kier alpha value is -0.0151. The average Bonchev–Trinajstić information content (AvgIpc) is 1.61. The molecular weight excluding hydrogens is 98.9 g/mol. The number of rotatable bonds is 3. The van der Waals surface area contributed by atoms with Crippen LogP contribution in [0.25, 0.3) is 0 Å². The van der Waals surface area contributed by atoms with E-state index in [4.69, 9.17) is 5.73 Å². The van der Waals surface area contributed by atoms with E-state index in [1.807, 2.05) is 0 Å². The van der Waals surface area contributed by atoms with Gasteiger partial charge in [0.25, 0.3) is 0 Å². The second-order valence-corrected chi connectivity index (χ2v) is 1.95. The van der Waals surface area contributed by atoms with Crippen LogP contribution in [0.15, 0.2) is 0 Å². The lowest BCUT2D eigenvalue weighted by atomic mass is 10.4. The molecule has 3 heteroatoms. The van der Waals surface area contributed by atoms with E-state index in [0.717, 1.165) is 19.5 Å². The Morgan fingerprint density at radius 1 is 1.38 bits per heavy atom. The van der Waals surface area contributed by atoms with Gasteiger partial charge in [0.1, 0.15) is 0 Å². The summed E-state index contributed by atoms with van der Waals surface area (Å²) in [4.78, 5) is 2.13. The van der Waals surface area contributed by atoms with Crippen molar-refractivity contribution in [2.24, 2.45) is 5.73 Å². The van der Waals surface area contributed by atoms with E-state index in [1.165, 1.54) is 0 Å². The van der Waals surface area contributed by atoms with Gasteiger partial charge in [0.05, 0.1) is 8.41 Å². The van der Waals surface area contributed by atoms with Crippen molar-refractivity contribution in [3.8, 4) is 0 Å². The average molecular weight is 116 g/mol. The van der Waals surface area contributed by atoms with Crippen LogP contribution in [-0.2, 0) is 0 Å². The lowest BCUT2D eigenvalue weighted by molar-refractivity contribution is 0.403. The zero-order valence-electron chi connectivity index (χ0n) is 5.15. The first-order valence-corrected chi connectivity index (χ1v) is 2.62. The molecule has 0 aromatic rings. The molecule has 0 aliphatic heterocycles. The zero-order chi connectivity index (χ0) is 5.70. The minimum Gasteiger partial charge on any atom is -0.330 e. The molecule has 0 amide bonds. The highest BCUT2D eigenvalue weighted by molar-refractivity contribution is 5.75. The van der Waals surface area contributed by atoms with Crippen LogP contribution in [0.2, 0.25) is 0 Å². The summed E-state index contributed by atoms with van der Waals surface area (Å²) in [7, 11) is 4.10. The van der Waals surface area contributed by atoms with E-state index in [0.29, 0.717) is 0 Å². The van der Waals surface area contributed by atoms with Crippen LogP contribution in [0.4, 0.5) is 0 Å². The van der Waals surface area contributed by atoms with Gasteiger partial charge in [-0.1, -0.05) is 0 Å². The van der Waals surface area contributed by atoms with Crippen molar-refractivity contribution < 1.29 is 0 Å². The molecule has 0 spiro atoms. The molecule has 0 radical (unpaired) electrons. The summed E-state index contributed by atoms with van der Waals surface area (Å²) >= 11 is 0. The molecule has 0 atom stereocenters. The molecule has 2 N–H and O–H groups in total. The van der Waals surface area contributed by atoms with Crippen LogP contribution in [-0.4, -0.2) is 40.5 Å². The first-order chi connectivity index (χ1) is 3.27. The maximum Gasteiger partial charge on any atom is 0.0814 e. The van der Waals surface area contributed by atoms with E-state index in [2.05, 4.69) is 19.0 Å². The van der Waals surface area contributed by atoms with E-state index in [-0.39, 0.29) is 8.41 Å². The van der Waals surface area contributed by atoms with Gasteiger partial charge in [-0.05, 0) is 33.6 Å². The Labute approximate surface area is 53.6 Å². The minimum absolute atomic E-state index is 0. The standard InChI is InChI=1S/C5H14N2.BH3/c1-7(2)5-3-4-6;/h3-6H2,1-2H3;1H3. The maximum absolute atomic E-state index is 5.25. The Kier molecular flexibility index (Phi) is 9.50. The minimum atomic E-state index is 0. The molecule has 0 saturated heterocycles. The van der Waals surface area contributed by atoms with Gasteiger partial charge in [-0.2, -0.15) is 0 Å². The molecular formula is C5H17BN2. The number of nitrogens with zero attached hydrogens (tertiary/aromatic N) is 1. The van der Waals surface area contributed by atoms with Crippen molar-refractivity contribution in [3.05, 3.63) is 0 Å². The lowest BCUT2D eigenvalue weighted by Gasteiger charge is -2.05. The second-order valence-electron chi connectivity index (χ2n) is 1.95. The first-order valence-electron chi connectivity index (χ1n) is 2.62. The van der Waals surface area contributed by atoms with Gasteiger partial charge < -0.3 is 10.6 Å². The van der Waals surface area contributed by atoms with E-state index >= 15 is 0 Å². The summed E-state index contributed by atoms with van der Waals surface area (Å²) in [6.45, 7) is 1.91. The molecule has 0 aliphatic carbocycles. The van der Waals surface area contributed by atoms with Crippen molar-refractivity contribution in [1.29, 1.82) is 0 Å². The predicted molar refractivity (Wildman–Crippen MR) is 42.2 cm³/mol. The SMILES string of the molecule is B.CN(C)CCCN. The van der Waals surface area contributed by atoms with Gasteiger partial charge in [-0.25, -0.2) is 0 Å². The zero-order valence-corrected chi connectivity index (χ0v) is 5.15. The number of hydrogen-bond acceptors (Lipinski definition) is 2. The largest absolute Gasteiger partial charge is 0.330 e. The Balaban J connectivity index is 0. The van der Waals surface area contributed by atoms with Crippen molar-refractivity contribution in [3.63, 3.8) is 0 Å². The lowest BCUT2D eigenvalue weighted by Crippen LogP contribution is -2.16. The fourth-order valence-electron chi connectivity index (χ4n) is 0.408. The van der Waals surface area contributed by atoms with Crippen molar-refractivity contribution in [1.82, 2.24) is 4.90 Å². The third kappa shape index (κ3) is 9.37. The molecule has 0 bridgehead atoms. The van der Waals surface area contributed by atoms with Crippen LogP contribution < -0.4 is 5.73 Å². The van der Waals surface area contributed by atoms with Crippen LogP contribution in [0.3, 0.4) is 0 Å². The predicted octanol–water partition coefficient (Wildman–Crippen LogP) is -1.29. The van der Waals surface area contributed by atoms with Crippen LogP contribution in [0.1, 0.15) is 6.42 Å². The molecule has 50 valence electrons. The second kappa shape index (κ2) is 6.98. The highest BCUT2D eigenvalue weighted by Gasteiger charge is 1.83. The molecule has 0 aliphatic rings. The van der Waals surface area contributed by atoms with Gasteiger partial charge in [0.15, 0.2) is 0 Å². The third-order valence-corrected chi connectivity index (χ3v) is 0.809. The van der Waals surface area contributed by atoms with Gasteiger partial charge in [0, 0.05) is 0 Å². The smallest absolute Gasteiger partial charge is 0.0814 e. The Morgan fingerprint density at radius 2 is 1.88 bits per heavy atom. The van der Waals surface area contributed by atoms with Crippen molar-refractivity contribution >= 4 is 8.41 Å². The fraction of sp³-hybridized carbons (Fsp3) is 1.00. The van der Waals surface area contributed by atoms with Gasteiger partial charge >= 0.3 is 0 Å². The van der Waals surface area contributed by atoms with E-state index in [9.17, 15) is 0 Å². The summed E-state index contributed by atoms with van der Waals surface area (Å²) in [5.74, 6) is 0. The molecule has 0 unspecified atom stereocenters. The molecule has 0 fully saturated rings. The topological polar surface area (TPSA) is 29.3 Å².